The summed E-state index contributed by atoms with van der Waals surface area (Å²) < 4.78 is 7.45. The van der Waals surface area contributed by atoms with Crippen molar-refractivity contribution in [1.29, 1.82) is 0 Å². The van der Waals surface area contributed by atoms with Crippen molar-refractivity contribution >= 4 is 0 Å². The highest BCUT2D eigenvalue weighted by Crippen LogP contribution is 2.11. The number of hydrogen-bond donors (Lipinski definition) is 1. The number of aromatic nitrogens is 3. The predicted molar refractivity (Wildman–Crippen MR) is 74.1 cm³/mol. The van der Waals surface area contributed by atoms with Crippen molar-refractivity contribution in [3.63, 3.8) is 0 Å². The Hall–Kier alpha value is -1.88. The van der Waals surface area contributed by atoms with Crippen LogP contribution >= 0.6 is 0 Å². The monoisotopic (exact) mass is 260 g/mol. The summed E-state index contributed by atoms with van der Waals surface area (Å²) in [4.78, 5) is 0. The van der Waals surface area contributed by atoms with Gasteiger partial charge in [-0.2, -0.15) is 0 Å². The number of ether oxygens (including phenoxy) is 1. The van der Waals surface area contributed by atoms with Crippen molar-refractivity contribution in [1.82, 2.24) is 15.0 Å². The quantitative estimate of drug-likeness (QED) is 0.820. The number of aryl methyl sites for hydroxylation is 2. The molecule has 5 nitrogen and oxygen atoms in total. The van der Waals surface area contributed by atoms with Gasteiger partial charge in [0.25, 0.3) is 0 Å². The third-order valence-corrected chi connectivity index (χ3v) is 2.83. The van der Waals surface area contributed by atoms with Crippen LogP contribution in [0, 0.1) is 6.92 Å². The van der Waals surface area contributed by atoms with Crippen LogP contribution in [0.5, 0.6) is 5.75 Å². The van der Waals surface area contributed by atoms with Crippen molar-refractivity contribution in [2.24, 2.45) is 5.73 Å². The van der Waals surface area contributed by atoms with Gasteiger partial charge in [0.1, 0.15) is 12.4 Å². The molecule has 102 valence electrons. The SMILES string of the molecule is Cc1ccc(OCCn2cc(CCCN)nn2)cc1. The molecule has 0 atom stereocenters. The normalized spacial score (nSPS) is 10.6. The van der Waals surface area contributed by atoms with E-state index in [2.05, 4.69) is 17.2 Å². The molecule has 1 aromatic carbocycles. The van der Waals surface area contributed by atoms with Crippen LogP contribution in [0.1, 0.15) is 17.7 Å². The maximum Gasteiger partial charge on any atom is 0.119 e. The molecular weight excluding hydrogens is 240 g/mol. The molecule has 0 amide bonds. The van der Waals surface area contributed by atoms with Crippen LogP contribution in [-0.4, -0.2) is 28.1 Å². The van der Waals surface area contributed by atoms with Gasteiger partial charge in [0.2, 0.25) is 0 Å². The van der Waals surface area contributed by atoms with Gasteiger partial charge in [-0.15, -0.1) is 5.10 Å². The summed E-state index contributed by atoms with van der Waals surface area (Å²) in [6, 6.07) is 8.03. The molecule has 2 aromatic rings. The van der Waals surface area contributed by atoms with E-state index in [-0.39, 0.29) is 0 Å². The zero-order chi connectivity index (χ0) is 13.5. The average molecular weight is 260 g/mol. The lowest BCUT2D eigenvalue weighted by Gasteiger charge is -2.05. The largest absolute Gasteiger partial charge is 0.492 e. The molecule has 0 spiro atoms. The van der Waals surface area contributed by atoms with Gasteiger partial charge in [-0.05, 0) is 38.4 Å². The van der Waals surface area contributed by atoms with Crippen molar-refractivity contribution in [3.8, 4) is 5.75 Å². The molecular formula is C14H20N4O. The fourth-order valence-electron chi connectivity index (χ4n) is 1.74. The Morgan fingerprint density at radius 3 is 2.79 bits per heavy atom. The zero-order valence-electron chi connectivity index (χ0n) is 11.2. The molecule has 0 unspecified atom stereocenters. The number of nitrogens with two attached hydrogens (primary N) is 1. The van der Waals surface area contributed by atoms with Gasteiger partial charge >= 0.3 is 0 Å². The average Bonchev–Trinajstić information content (AvgIpc) is 2.87. The van der Waals surface area contributed by atoms with E-state index in [9.17, 15) is 0 Å². The number of hydrogen-bond acceptors (Lipinski definition) is 4. The smallest absolute Gasteiger partial charge is 0.119 e. The minimum Gasteiger partial charge on any atom is -0.492 e. The molecule has 2 N–H and O–H groups in total. The molecule has 19 heavy (non-hydrogen) atoms. The van der Waals surface area contributed by atoms with E-state index in [1.54, 1.807) is 4.68 Å². The lowest BCUT2D eigenvalue weighted by Crippen LogP contribution is -2.08. The van der Waals surface area contributed by atoms with Crippen LogP contribution in [0.25, 0.3) is 0 Å². The number of benzene rings is 1. The first-order valence-electron chi connectivity index (χ1n) is 6.56. The maximum atomic E-state index is 5.65. The summed E-state index contributed by atoms with van der Waals surface area (Å²) in [7, 11) is 0. The minimum absolute atomic E-state index is 0.586. The molecule has 0 fully saturated rings. The van der Waals surface area contributed by atoms with Crippen LogP contribution in [0.2, 0.25) is 0 Å². The highest BCUT2D eigenvalue weighted by molar-refractivity contribution is 5.26. The van der Waals surface area contributed by atoms with Crippen LogP contribution in [0.3, 0.4) is 0 Å². The second kappa shape index (κ2) is 6.89. The van der Waals surface area contributed by atoms with Crippen molar-refractivity contribution in [2.75, 3.05) is 13.2 Å². The Morgan fingerprint density at radius 1 is 1.26 bits per heavy atom. The highest BCUT2D eigenvalue weighted by Gasteiger charge is 2.00. The number of rotatable bonds is 7. The molecule has 0 aliphatic carbocycles. The van der Waals surface area contributed by atoms with Gasteiger partial charge in [-0.1, -0.05) is 22.9 Å². The second-order valence-electron chi connectivity index (χ2n) is 4.53. The first-order chi connectivity index (χ1) is 9.28. The molecule has 5 heteroatoms. The van der Waals surface area contributed by atoms with Gasteiger partial charge in [0.05, 0.1) is 12.2 Å². The molecule has 0 bridgehead atoms. The molecule has 0 saturated heterocycles. The van der Waals surface area contributed by atoms with E-state index < -0.39 is 0 Å². The van der Waals surface area contributed by atoms with Crippen LogP contribution in [0.4, 0.5) is 0 Å². The first-order valence-corrected chi connectivity index (χ1v) is 6.56. The zero-order valence-corrected chi connectivity index (χ0v) is 11.2. The number of nitrogens with zero attached hydrogens (tertiary/aromatic N) is 3. The van der Waals surface area contributed by atoms with E-state index in [0.29, 0.717) is 19.7 Å². The van der Waals surface area contributed by atoms with E-state index >= 15 is 0 Å². The van der Waals surface area contributed by atoms with Gasteiger partial charge in [-0.25, -0.2) is 4.68 Å². The van der Waals surface area contributed by atoms with Crippen molar-refractivity contribution < 1.29 is 4.74 Å². The lowest BCUT2D eigenvalue weighted by molar-refractivity contribution is 0.289. The fraction of sp³-hybridized carbons (Fsp3) is 0.429. The molecule has 1 aromatic heterocycles. The van der Waals surface area contributed by atoms with E-state index in [0.717, 1.165) is 24.3 Å². The molecule has 0 radical (unpaired) electrons. The van der Waals surface area contributed by atoms with E-state index in [4.69, 9.17) is 10.5 Å². The minimum atomic E-state index is 0.586. The third-order valence-electron chi connectivity index (χ3n) is 2.83. The molecule has 0 saturated carbocycles. The Morgan fingerprint density at radius 2 is 2.05 bits per heavy atom. The van der Waals surface area contributed by atoms with Crippen LogP contribution in [-0.2, 0) is 13.0 Å². The van der Waals surface area contributed by atoms with Crippen LogP contribution in [0.15, 0.2) is 30.5 Å². The molecule has 2 rings (SSSR count). The van der Waals surface area contributed by atoms with Gasteiger partial charge in [0.15, 0.2) is 0 Å². The Bertz CT molecular complexity index is 492. The van der Waals surface area contributed by atoms with E-state index in [1.807, 2.05) is 30.5 Å². The topological polar surface area (TPSA) is 66.0 Å². The fourth-order valence-corrected chi connectivity index (χ4v) is 1.74. The summed E-state index contributed by atoms with van der Waals surface area (Å²) >= 11 is 0. The highest BCUT2D eigenvalue weighted by atomic mass is 16.5. The summed E-state index contributed by atoms with van der Waals surface area (Å²) in [5, 5.41) is 8.15. The maximum absolute atomic E-state index is 5.65. The van der Waals surface area contributed by atoms with Gasteiger partial charge in [0, 0.05) is 6.20 Å². The van der Waals surface area contributed by atoms with Crippen molar-refractivity contribution in [3.05, 3.63) is 41.7 Å². The Kier molecular flexibility index (Phi) is 4.92. The molecule has 0 aliphatic rings. The van der Waals surface area contributed by atoms with Gasteiger partial charge < -0.3 is 10.5 Å². The lowest BCUT2D eigenvalue weighted by atomic mass is 10.2. The summed E-state index contributed by atoms with van der Waals surface area (Å²) in [6.07, 6.45) is 3.78. The third kappa shape index (κ3) is 4.37. The Labute approximate surface area is 113 Å². The predicted octanol–water partition coefficient (Wildman–Crippen LogP) is 1.56. The van der Waals surface area contributed by atoms with Gasteiger partial charge in [-0.3, -0.25) is 0 Å². The summed E-state index contributed by atoms with van der Waals surface area (Å²) in [5.41, 5.74) is 7.68. The molecule has 0 aliphatic heterocycles. The second-order valence-corrected chi connectivity index (χ2v) is 4.53. The standard InChI is InChI=1S/C14H20N4O/c1-12-4-6-14(7-5-12)19-10-9-18-11-13(16-17-18)3-2-8-15/h4-7,11H,2-3,8-10,15H2,1H3. The van der Waals surface area contributed by atoms with Crippen molar-refractivity contribution in [2.45, 2.75) is 26.3 Å². The Balaban J connectivity index is 1.76. The first kappa shape index (κ1) is 13.5. The summed E-state index contributed by atoms with van der Waals surface area (Å²) in [5.74, 6) is 0.883. The van der Waals surface area contributed by atoms with Crippen LogP contribution < -0.4 is 10.5 Å². The molecule has 1 heterocycles. The summed E-state index contributed by atoms with van der Waals surface area (Å²) in [6.45, 7) is 4.03. The van der Waals surface area contributed by atoms with E-state index in [1.165, 1.54) is 5.56 Å².